The second-order valence-corrected chi connectivity index (χ2v) is 20.0. The van der Waals surface area contributed by atoms with Gasteiger partial charge in [-0.25, -0.2) is 19.6 Å². The number of ether oxygens (including phenoxy) is 2. The zero-order valence-corrected chi connectivity index (χ0v) is 40.2. The SMILES string of the molecule is CCC(C)[C@H](OC(N)=O)C(=O)N1CCC[C@H]1c1ncc(-c2ccc([C@H]3CC[C@H](c4ccc5nc([C@@H]6CCCN6C(=O)[C@@H](NC(=O)OC)C(C)C)[nH]c5c4)N3c3ccc(C(C)(C)C)cc3)cc2)[nH]1. The summed E-state index contributed by atoms with van der Waals surface area (Å²) < 4.78 is 10.2. The Kier molecular flexibility index (Phi) is 13.7. The van der Waals surface area contributed by atoms with E-state index in [-0.39, 0.29) is 53.2 Å². The van der Waals surface area contributed by atoms with Crippen molar-refractivity contribution in [3.63, 3.8) is 0 Å². The number of fused-ring (bicyclic) bond motifs is 1. The average molecular weight is 914 g/mol. The summed E-state index contributed by atoms with van der Waals surface area (Å²) >= 11 is 0. The first-order chi connectivity index (χ1) is 32.1. The number of amides is 4. The van der Waals surface area contributed by atoms with Crippen LogP contribution in [-0.4, -0.2) is 86.1 Å². The second-order valence-electron chi connectivity index (χ2n) is 20.0. The number of H-pyrrole nitrogens is 2. The number of anilines is 1. The Bertz CT molecular complexity index is 2560. The Labute approximate surface area is 393 Å². The van der Waals surface area contributed by atoms with Crippen LogP contribution in [0.3, 0.4) is 0 Å². The summed E-state index contributed by atoms with van der Waals surface area (Å²) in [4.78, 5) is 74.6. The largest absolute Gasteiger partial charge is 0.453 e. The molecule has 2 aromatic heterocycles. The molecule has 67 heavy (non-hydrogen) atoms. The van der Waals surface area contributed by atoms with E-state index in [0.29, 0.717) is 25.3 Å². The maximum absolute atomic E-state index is 13.9. The Balaban J connectivity index is 1.04. The molecule has 0 spiro atoms. The van der Waals surface area contributed by atoms with E-state index in [1.807, 2.05) is 38.8 Å². The highest BCUT2D eigenvalue weighted by atomic mass is 16.6. The van der Waals surface area contributed by atoms with Crippen molar-refractivity contribution in [1.29, 1.82) is 0 Å². The number of carbonyl (C=O) groups excluding carboxylic acids is 4. The van der Waals surface area contributed by atoms with Gasteiger partial charge in [-0.3, -0.25) is 9.59 Å². The number of nitrogens with two attached hydrogens (primary N) is 1. The lowest BCUT2D eigenvalue weighted by Crippen LogP contribution is -2.51. The third kappa shape index (κ3) is 9.73. The van der Waals surface area contributed by atoms with Gasteiger partial charge in [-0.05, 0) is 103 Å². The van der Waals surface area contributed by atoms with Crippen molar-refractivity contribution in [2.75, 3.05) is 25.1 Å². The number of hydrogen-bond donors (Lipinski definition) is 4. The van der Waals surface area contributed by atoms with Crippen molar-refractivity contribution in [3.05, 3.63) is 101 Å². The molecule has 5 N–H and O–H groups in total. The van der Waals surface area contributed by atoms with Crippen LogP contribution in [0, 0.1) is 11.8 Å². The summed E-state index contributed by atoms with van der Waals surface area (Å²) in [5.74, 6) is 0.790. The lowest BCUT2D eigenvalue weighted by atomic mass is 9.87. The van der Waals surface area contributed by atoms with Gasteiger partial charge in [0.2, 0.25) is 5.91 Å². The number of benzene rings is 3. The van der Waals surface area contributed by atoms with Gasteiger partial charge in [0, 0.05) is 24.7 Å². The molecule has 15 nitrogen and oxygen atoms in total. The molecule has 8 rings (SSSR count). The van der Waals surface area contributed by atoms with E-state index in [2.05, 4.69) is 108 Å². The van der Waals surface area contributed by atoms with Gasteiger partial charge in [0.05, 0.1) is 54.2 Å². The fraction of sp³-hybridized carbons (Fsp3) is 0.500. The Morgan fingerprint density at radius 1 is 0.806 bits per heavy atom. The number of hydrogen-bond acceptors (Lipinski definition) is 9. The maximum atomic E-state index is 13.9. The molecular weight excluding hydrogens is 847 g/mol. The maximum Gasteiger partial charge on any atom is 0.407 e. The number of methoxy groups -OCH3 is 1. The molecular formula is C52H67N9O6. The Morgan fingerprint density at radius 2 is 1.43 bits per heavy atom. The van der Waals surface area contributed by atoms with Crippen molar-refractivity contribution < 1.29 is 28.7 Å². The van der Waals surface area contributed by atoms with Crippen LogP contribution in [0.25, 0.3) is 22.3 Å². The third-order valence-corrected chi connectivity index (χ3v) is 14.3. The molecule has 15 heteroatoms. The minimum Gasteiger partial charge on any atom is -0.453 e. The molecule has 7 atom stereocenters. The first-order valence-electron chi connectivity index (χ1n) is 24.0. The average Bonchev–Trinajstić information content (AvgIpc) is 4.17. The van der Waals surface area contributed by atoms with Crippen LogP contribution in [0.1, 0.15) is 146 Å². The molecule has 356 valence electrons. The van der Waals surface area contributed by atoms with Crippen molar-refractivity contribution >= 4 is 40.7 Å². The van der Waals surface area contributed by atoms with Crippen molar-refractivity contribution in [2.24, 2.45) is 17.6 Å². The summed E-state index contributed by atoms with van der Waals surface area (Å²) in [7, 11) is 1.30. The summed E-state index contributed by atoms with van der Waals surface area (Å²) in [6.07, 6.45) is 5.07. The highest BCUT2D eigenvalue weighted by Gasteiger charge is 2.41. The number of carbonyl (C=O) groups is 4. The molecule has 3 aromatic carbocycles. The van der Waals surface area contributed by atoms with Crippen LogP contribution in [0.15, 0.2) is 72.9 Å². The standard InChI is InChI=1S/C52H67N9O6/c1-9-31(4)45(67-50(53)64)49(63)60-27-10-12-42(60)46-54-29-39(57-46)32-14-16-33(17-15-32)40-24-25-41(61(40)36-21-19-35(20-22-36)52(5,6)7)34-18-23-37-38(28-34)56-47(55-37)43-13-11-26-59(43)48(62)44(30(2)3)58-51(65)66-8/h14-23,28-31,40-45H,9-13,24-27H2,1-8H3,(H2,53,64)(H,54,57)(H,55,56)(H,58,65)/t31?,40-,41-,42+,43+,44+,45+/m1/s1. The second kappa shape index (κ2) is 19.5. The van der Waals surface area contributed by atoms with Crippen molar-refractivity contribution in [2.45, 2.75) is 135 Å². The molecule has 3 saturated heterocycles. The van der Waals surface area contributed by atoms with Crippen LogP contribution in [0.5, 0.6) is 0 Å². The van der Waals surface area contributed by atoms with Crippen LogP contribution >= 0.6 is 0 Å². The number of aromatic amines is 2. The number of alkyl carbamates (subject to hydrolysis) is 1. The van der Waals surface area contributed by atoms with Crippen LogP contribution in [0.2, 0.25) is 0 Å². The van der Waals surface area contributed by atoms with Gasteiger partial charge in [-0.1, -0.05) is 90.9 Å². The number of imidazole rings is 2. The van der Waals surface area contributed by atoms with Crippen LogP contribution < -0.4 is 16.0 Å². The molecule has 0 bridgehead atoms. The Hall–Kier alpha value is -6.38. The quantitative estimate of drug-likeness (QED) is 0.0891. The number of nitrogens with zero attached hydrogens (tertiary/aromatic N) is 5. The first kappa shape index (κ1) is 47.1. The lowest BCUT2D eigenvalue weighted by Gasteiger charge is -2.34. The normalized spacial score (nSPS) is 21.2. The number of rotatable bonds is 13. The topological polar surface area (TPSA) is 192 Å². The lowest BCUT2D eigenvalue weighted by molar-refractivity contribution is -0.144. The van der Waals surface area contributed by atoms with E-state index in [0.717, 1.165) is 72.3 Å². The minimum atomic E-state index is -0.949. The first-order valence-corrected chi connectivity index (χ1v) is 24.0. The number of nitrogens with one attached hydrogen (secondary N) is 3. The van der Waals surface area contributed by atoms with Gasteiger partial charge in [0.25, 0.3) is 5.91 Å². The molecule has 3 fully saturated rings. The summed E-state index contributed by atoms with van der Waals surface area (Å²) in [5, 5.41) is 2.74. The van der Waals surface area contributed by atoms with Crippen LogP contribution in [0.4, 0.5) is 15.3 Å². The fourth-order valence-corrected chi connectivity index (χ4v) is 10.3. The van der Waals surface area contributed by atoms with Crippen LogP contribution in [-0.2, 0) is 24.5 Å². The smallest absolute Gasteiger partial charge is 0.407 e. The minimum absolute atomic E-state index is 0.0160. The molecule has 0 saturated carbocycles. The van der Waals surface area contributed by atoms with Crippen molar-refractivity contribution in [3.8, 4) is 11.3 Å². The van der Waals surface area contributed by atoms with E-state index in [1.54, 1.807) is 4.90 Å². The fourth-order valence-electron chi connectivity index (χ4n) is 10.3. The molecule has 5 heterocycles. The van der Waals surface area contributed by atoms with E-state index in [4.69, 9.17) is 25.2 Å². The zero-order valence-electron chi connectivity index (χ0n) is 40.2. The molecule has 0 radical (unpaired) electrons. The molecule has 1 unspecified atom stereocenters. The number of primary amides is 1. The van der Waals surface area contributed by atoms with Gasteiger partial charge in [0.15, 0.2) is 6.10 Å². The third-order valence-electron chi connectivity index (χ3n) is 14.3. The van der Waals surface area contributed by atoms with Gasteiger partial charge in [0.1, 0.15) is 17.7 Å². The highest BCUT2D eigenvalue weighted by molar-refractivity contribution is 5.87. The van der Waals surface area contributed by atoms with Crippen molar-refractivity contribution in [1.82, 2.24) is 35.1 Å². The molecule has 3 aliphatic heterocycles. The highest BCUT2D eigenvalue weighted by Crippen LogP contribution is 2.48. The molecule has 0 aliphatic carbocycles. The summed E-state index contributed by atoms with van der Waals surface area (Å²) in [5.41, 5.74) is 13.8. The number of aromatic nitrogens is 4. The van der Waals surface area contributed by atoms with E-state index in [1.165, 1.54) is 23.8 Å². The monoisotopic (exact) mass is 914 g/mol. The molecule has 3 aliphatic rings. The Morgan fingerprint density at radius 3 is 2.04 bits per heavy atom. The number of likely N-dealkylation sites (tertiary alicyclic amines) is 2. The van der Waals surface area contributed by atoms with E-state index >= 15 is 0 Å². The van der Waals surface area contributed by atoms with Gasteiger partial charge in [-0.2, -0.15) is 0 Å². The van der Waals surface area contributed by atoms with Gasteiger partial charge in [-0.15, -0.1) is 0 Å². The van der Waals surface area contributed by atoms with Gasteiger partial charge >= 0.3 is 12.2 Å². The summed E-state index contributed by atoms with van der Waals surface area (Å²) in [6, 6.07) is 23.2. The molecule has 4 amide bonds. The zero-order chi connectivity index (χ0) is 47.7. The van der Waals surface area contributed by atoms with E-state index < -0.39 is 24.3 Å². The van der Waals surface area contributed by atoms with Gasteiger partial charge < -0.3 is 45.2 Å². The predicted octanol–water partition coefficient (Wildman–Crippen LogP) is 9.55. The predicted molar refractivity (Wildman–Crippen MR) is 258 cm³/mol. The molecule has 5 aromatic rings. The summed E-state index contributed by atoms with van der Waals surface area (Å²) in [6.45, 7) is 15.5. The van der Waals surface area contributed by atoms with E-state index in [9.17, 15) is 19.2 Å².